The van der Waals surface area contributed by atoms with Crippen LogP contribution in [-0.2, 0) is 16.0 Å². The Kier molecular flexibility index (Phi) is 3.29. The average molecular weight is 316 g/mol. The molecule has 2 heterocycles. The Morgan fingerprint density at radius 3 is 2.78 bits per heavy atom. The predicted molar refractivity (Wildman–Crippen MR) is 85.2 cm³/mol. The molecular weight excluding hydrogens is 292 g/mol. The van der Waals surface area contributed by atoms with E-state index in [2.05, 4.69) is 17.2 Å². The van der Waals surface area contributed by atoms with Crippen LogP contribution in [0.3, 0.4) is 0 Å². The van der Waals surface area contributed by atoms with Crippen molar-refractivity contribution < 1.29 is 14.7 Å². The molecule has 5 heteroatoms. The van der Waals surface area contributed by atoms with Gasteiger partial charge in [-0.05, 0) is 56.1 Å². The summed E-state index contributed by atoms with van der Waals surface area (Å²) in [5.41, 5.74) is 4.55. The van der Waals surface area contributed by atoms with E-state index in [-0.39, 0.29) is 18.2 Å². The number of H-pyrrole nitrogens is 1. The quantitative estimate of drug-likeness (QED) is 0.797. The van der Waals surface area contributed by atoms with Gasteiger partial charge >= 0.3 is 5.97 Å². The first-order valence-electron chi connectivity index (χ1n) is 8.69. The second-order valence-corrected chi connectivity index (χ2v) is 7.50. The normalized spacial score (nSPS) is 34.7. The van der Waals surface area contributed by atoms with Crippen LogP contribution in [0.25, 0.3) is 0 Å². The van der Waals surface area contributed by atoms with E-state index in [1.165, 1.54) is 24.1 Å². The van der Waals surface area contributed by atoms with E-state index >= 15 is 0 Å². The van der Waals surface area contributed by atoms with Crippen molar-refractivity contribution in [3.8, 4) is 0 Å². The van der Waals surface area contributed by atoms with Crippen LogP contribution in [0.1, 0.15) is 54.1 Å². The number of carboxylic acid groups (broad SMARTS) is 1. The molecule has 124 valence electrons. The van der Waals surface area contributed by atoms with Crippen molar-refractivity contribution in [1.29, 1.82) is 0 Å². The molecule has 3 aliphatic rings. The molecule has 2 saturated carbocycles. The molecule has 3 fully saturated rings. The van der Waals surface area contributed by atoms with E-state index in [9.17, 15) is 9.59 Å². The Labute approximate surface area is 135 Å². The molecule has 0 spiro atoms. The summed E-state index contributed by atoms with van der Waals surface area (Å²) >= 11 is 0. The highest BCUT2D eigenvalue weighted by atomic mass is 16.4. The monoisotopic (exact) mass is 316 g/mol. The van der Waals surface area contributed by atoms with E-state index in [1.54, 1.807) is 0 Å². The largest absolute Gasteiger partial charge is 0.481 e. The summed E-state index contributed by atoms with van der Waals surface area (Å²) in [7, 11) is 0. The summed E-state index contributed by atoms with van der Waals surface area (Å²) in [6.45, 7) is 4.10. The van der Waals surface area contributed by atoms with E-state index in [0.29, 0.717) is 30.2 Å². The number of carbonyl (C=O) groups excluding carboxylic acids is 1. The van der Waals surface area contributed by atoms with Gasteiger partial charge in [-0.3, -0.25) is 9.59 Å². The summed E-state index contributed by atoms with van der Waals surface area (Å²) in [5.74, 6) is 0.993. The van der Waals surface area contributed by atoms with Gasteiger partial charge in [0.2, 0.25) is 5.91 Å². The van der Waals surface area contributed by atoms with Crippen LogP contribution in [0, 0.1) is 31.6 Å². The number of carbonyl (C=O) groups is 2. The standard InChI is InChI=1S/C18H24N2O3/c1-8-10(6-7-13(21)22)9(2)19-17(8)15-11-4-3-5-12-14(11)16(15)18(23)20-12/h11-12,14-16,19H,3-7H2,1-2H3,(H,20,23)(H,21,22). The number of hydrogen-bond acceptors (Lipinski definition) is 2. The van der Waals surface area contributed by atoms with Crippen LogP contribution >= 0.6 is 0 Å². The van der Waals surface area contributed by atoms with Crippen LogP contribution in [0.4, 0.5) is 0 Å². The Hall–Kier alpha value is -1.78. The highest BCUT2D eigenvalue weighted by molar-refractivity contribution is 5.85. The number of carboxylic acids is 1. The summed E-state index contributed by atoms with van der Waals surface area (Å²) in [5, 5.41) is 12.1. The van der Waals surface area contributed by atoms with Gasteiger partial charge in [-0.1, -0.05) is 6.42 Å². The number of aliphatic carboxylic acids is 1. The van der Waals surface area contributed by atoms with Crippen molar-refractivity contribution in [1.82, 2.24) is 10.3 Å². The highest BCUT2D eigenvalue weighted by Crippen LogP contribution is 2.61. The first-order chi connectivity index (χ1) is 11.0. The van der Waals surface area contributed by atoms with Gasteiger partial charge in [0.15, 0.2) is 0 Å². The van der Waals surface area contributed by atoms with Crippen LogP contribution in [-0.4, -0.2) is 28.0 Å². The van der Waals surface area contributed by atoms with Crippen molar-refractivity contribution >= 4 is 11.9 Å². The topological polar surface area (TPSA) is 82.2 Å². The molecule has 1 aliphatic heterocycles. The van der Waals surface area contributed by atoms with Crippen LogP contribution in [0.2, 0.25) is 0 Å². The smallest absolute Gasteiger partial charge is 0.303 e. The van der Waals surface area contributed by atoms with Crippen LogP contribution < -0.4 is 5.32 Å². The summed E-state index contributed by atoms with van der Waals surface area (Å²) in [4.78, 5) is 26.8. The zero-order chi connectivity index (χ0) is 16.3. The van der Waals surface area contributed by atoms with Crippen molar-refractivity contribution in [2.24, 2.45) is 17.8 Å². The van der Waals surface area contributed by atoms with Gasteiger partial charge in [-0.25, -0.2) is 0 Å². The third-order valence-corrected chi connectivity index (χ3v) is 6.46. The zero-order valence-electron chi connectivity index (χ0n) is 13.7. The number of aromatic nitrogens is 1. The highest BCUT2D eigenvalue weighted by Gasteiger charge is 2.62. The van der Waals surface area contributed by atoms with E-state index in [1.807, 2.05) is 6.92 Å². The summed E-state index contributed by atoms with van der Waals surface area (Å²) < 4.78 is 0. The molecular formula is C18H24N2O3. The van der Waals surface area contributed by atoms with Crippen molar-refractivity contribution in [3.63, 3.8) is 0 Å². The van der Waals surface area contributed by atoms with E-state index in [4.69, 9.17) is 5.11 Å². The van der Waals surface area contributed by atoms with E-state index < -0.39 is 5.97 Å². The molecule has 0 bridgehead atoms. The Balaban J connectivity index is 1.65. The fourth-order valence-corrected chi connectivity index (χ4v) is 5.49. The molecule has 4 rings (SSSR count). The van der Waals surface area contributed by atoms with Gasteiger partial charge < -0.3 is 15.4 Å². The van der Waals surface area contributed by atoms with E-state index in [0.717, 1.165) is 17.7 Å². The number of aryl methyl sites for hydroxylation is 1. The minimum atomic E-state index is -0.763. The molecule has 5 atom stereocenters. The summed E-state index contributed by atoms with van der Waals surface area (Å²) in [6.07, 6.45) is 4.24. The molecule has 0 aromatic carbocycles. The minimum absolute atomic E-state index is 0.120. The molecule has 1 aromatic heterocycles. The number of aromatic amines is 1. The molecule has 2 aliphatic carbocycles. The Morgan fingerprint density at radius 1 is 1.26 bits per heavy atom. The maximum atomic E-state index is 12.4. The van der Waals surface area contributed by atoms with Crippen molar-refractivity contribution in [2.75, 3.05) is 0 Å². The molecule has 1 aromatic rings. The second kappa shape index (κ2) is 5.11. The number of amides is 1. The molecule has 23 heavy (non-hydrogen) atoms. The van der Waals surface area contributed by atoms with Gasteiger partial charge in [0, 0.05) is 29.8 Å². The number of hydrogen-bond donors (Lipinski definition) is 3. The van der Waals surface area contributed by atoms with Crippen molar-refractivity contribution in [2.45, 2.75) is 57.9 Å². The van der Waals surface area contributed by atoms with Gasteiger partial charge in [-0.15, -0.1) is 0 Å². The first-order valence-corrected chi connectivity index (χ1v) is 8.69. The first kappa shape index (κ1) is 14.8. The maximum Gasteiger partial charge on any atom is 0.303 e. The van der Waals surface area contributed by atoms with Crippen LogP contribution in [0.5, 0.6) is 0 Å². The summed E-state index contributed by atoms with van der Waals surface area (Å²) in [6, 6.07) is 0.394. The minimum Gasteiger partial charge on any atom is -0.481 e. The zero-order valence-corrected chi connectivity index (χ0v) is 13.7. The molecule has 1 saturated heterocycles. The van der Waals surface area contributed by atoms with Gasteiger partial charge in [0.1, 0.15) is 0 Å². The lowest BCUT2D eigenvalue weighted by Gasteiger charge is -2.51. The van der Waals surface area contributed by atoms with Gasteiger partial charge in [0.05, 0.1) is 5.92 Å². The third kappa shape index (κ3) is 2.05. The fraction of sp³-hybridized carbons (Fsp3) is 0.667. The lowest BCUT2D eigenvalue weighted by molar-refractivity contribution is -0.137. The lowest BCUT2D eigenvalue weighted by Crippen LogP contribution is -2.50. The average Bonchev–Trinajstić information content (AvgIpc) is 2.92. The molecule has 5 unspecified atom stereocenters. The third-order valence-electron chi connectivity index (χ3n) is 6.46. The maximum absolute atomic E-state index is 12.4. The number of rotatable bonds is 4. The Bertz CT molecular complexity index is 678. The van der Waals surface area contributed by atoms with Crippen molar-refractivity contribution in [3.05, 3.63) is 22.5 Å². The fourth-order valence-electron chi connectivity index (χ4n) is 5.49. The van der Waals surface area contributed by atoms with Crippen LogP contribution in [0.15, 0.2) is 0 Å². The second-order valence-electron chi connectivity index (χ2n) is 7.50. The predicted octanol–water partition coefficient (Wildman–Crippen LogP) is 2.28. The SMILES string of the molecule is Cc1[nH]c(C2C3CCCC4NC(=O)C2C43)c(C)c1CCC(=O)O. The molecule has 0 radical (unpaired) electrons. The van der Waals surface area contributed by atoms with Gasteiger partial charge in [-0.2, -0.15) is 0 Å². The molecule has 5 nitrogen and oxygen atoms in total. The molecule has 1 amide bonds. The molecule has 3 N–H and O–H groups in total. The van der Waals surface area contributed by atoms with Gasteiger partial charge in [0.25, 0.3) is 0 Å². The number of nitrogens with one attached hydrogen (secondary N) is 2. The Morgan fingerprint density at radius 2 is 2.04 bits per heavy atom. The lowest BCUT2D eigenvalue weighted by atomic mass is 9.51.